The Balaban J connectivity index is 1.01. The second-order valence-corrected chi connectivity index (χ2v) is 16.0. The molecule has 3 aromatic heterocycles. The monoisotopic (exact) mass is 792 g/mol. The summed E-state index contributed by atoms with van der Waals surface area (Å²) in [6, 6.07) is 78.0. The van der Waals surface area contributed by atoms with E-state index in [4.69, 9.17) is 8.83 Å². The smallest absolute Gasteiger partial charge is 0.143 e. The van der Waals surface area contributed by atoms with Gasteiger partial charge in [0.2, 0.25) is 0 Å². The summed E-state index contributed by atoms with van der Waals surface area (Å²) in [7, 11) is 0. The fourth-order valence-electron chi connectivity index (χ4n) is 9.74. The molecule has 10 aromatic carbocycles. The van der Waals surface area contributed by atoms with Crippen LogP contribution in [0.15, 0.2) is 227 Å². The molecule has 0 aliphatic heterocycles. The van der Waals surface area contributed by atoms with E-state index in [-0.39, 0.29) is 0 Å². The lowest BCUT2D eigenvalue weighted by Crippen LogP contribution is -2.12. The summed E-state index contributed by atoms with van der Waals surface area (Å²) in [5.41, 5.74) is 14.5. The van der Waals surface area contributed by atoms with E-state index in [2.05, 4.69) is 216 Å². The van der Waals surface area contributed by atoms with Crippen molar-refractivity contribution in [3.05, 3.63) is 218 Å². The lowest BCUT2D eigenvalue weighted by molar-refractivity contribution is 0.669. The Morgan fingerprint density at radius 2 is 0.952 bits per heavy atom. The highest BCUT2D eigenvalue weighted by atomic mass is 16.3. The normalized spacial score (nSPS) is 11.9. The molecule has 4 nitrogen and oxygen atoms in total. The molecule has 13 rings (SSSR count). The van der Waals surface area contributed by atoms with Crippen molar-refractivity contribution in [2.45, 2.75) is 0 Å². The first-order valence-electron chi connectivity index (χ1n) is 21.1. The fraction of sp³-hybridized carbons (Fsp3) is 0. The summed E-state index contributed by atoms with van der Waals surface area (Å²) in [5, 5.41) is 9.22. The van der Waals surface area contributed by atoms with Crippen LogP contribution in [0.1, 0.15) is 0 Å². The zero-order valence-electron chi connectivity index (χ0n) is 33.5. The molecule has 13 aromatic rings. The minimum atomic E-state index is 0.876. The maximum absolute atomic E-state index is 6.93. The second kappa shape index (κ2) is 13.6. The predicted molar refractivity (Wildman–Crippen MR) is 258 cm³/mol. The van der Waals surface area contributed by atoms with E-state index in [0.29, 0.717) is 0 Å². The van der Waals surface area contributed by atoms with Crippen LogP contribution in [0.25, 0.3) is 104 Å². The highest BCUT2D eigenvalue weighted by Crippen LogP contribution is 2.46. The first kappa shape index (κ1) is 34.5. The summed E-state index contributed by atoms with van der Waals surface area (Å²) in [6.45, 7) is 0. The third-order valence-corrected chi connectivity index (χ3v) is 12.6. The minimum Gasteiger partial charge on any atom is -0.456 e. The van der Waals surface area contributed by atoms with Gasteiger partial charge in [-0.2, -0.15) is 0 Å². The second-order valence-electron chi connectivity index (χ2n) is 16.0. The van der Waals surface area contributed by atoms with Gasteiger partial charge in [-0.05, 0) is 89.3 Å². The summed E-state index contributed by atoms with van der Waals surface area (Å²) in [4.78, 5) is 2.38. The molecule has 0 atom stereocenters. The Hall–Kier alpha value is -8.34. The molecule has 0 saturated heterocycles. The van der Waals surface area contributed by atoms with Crippen molar-refractivity contribution < 1.29 is 8.83 Å². The Bertz CT molecular complexity index is 3830. The topological polar surface area (TPSA) is 34.5 Å². The number of furan rings is 2. The van der Waals surface area contributed by atoms with Gasteiger partial charge in [0.15, 0.2) is 0 Å². The van der Waals surface area contributed by atoms with Crippen LogP contribution in [0.4, 0.5) is 17.1 Å². The highest BCUT2D eigenvalue weighted by molar-refractivity contribution is 6.18. The number of hydrogen-bond acceptors (Lipinski definition) is 3. The number of para-hydroxylation sites is 5. The van der Waals surface area contributed by atoms with E-state index in [9.17, 15) is 0 Å². The molecule has 0 saturated carbocycles. The zero-order chi connectivity index (χ0) is 40.7. The van der Waals surface area contributed by atoms with Crippen molar-refractivity contribution in [2.24, 2.45) is 0 Å². The third-order valence-electron chi connectivity index (χ3n) is 12.6. The predicted octanol–water partition coefficient (Wildman–Crippen LogP) is 16.5. The number of aromatic nitrogens is 1. The number of nitrogens with zero attached hydrogens (tertiary/aromatic N) is 2. The van der Waals surface area contributed by atoms with E-state index in [0.717, 1.165) is 99.7 Å². The van der Waals surface area contributed by atoms with Crippen molar-refractivity contribution in [1.29, 1.82) is 0 Å². The van der Waals surface area contributed by atoms with Gasteiger partial charge in [0.1, 0.15) is 22.3 Å². The van der Waals surface area contributed by atoms with E-state index in [1.165, 1.54) is 21.8 Å². The van der Waals surface area contributed by atoms with Gasteiger partial charge in [-0.25, -0.2) is 0 Å². The van der Waals surface area contributed by atoms with Crippen LogP contribution < -0.4 is 4.90 Å². The Morgan fingerprint density at radius 3 is 1.79 bits per heavy atom. The number of hydrogen-bond donors (Lipinski definition) is 0. The van der Waals surface area contributed by atoms with Gasteiger partial charge in [-0.15, -0.1) is 0 Å². The van der Waals surface area contributed by atoms with Crippen LogP contribution in [0.2, 0.25) is 0 Å². The van der Waals surface area contributed by atoms with E-state index >= 15 is 0 Å². The standard InChI is InChI=1S/C58H36N2O2/c1-2-16-43-38(13-1)29-34-51-50-22-12-21-49(58(50)62-57(43)51)46-19-5-7-23-52(46)59(40-31-27-37(28-32-40)39-30-33-48-47-20-6-10-26-55(47)61-56(48)35-39)41-14-11-15-42(36-41)60-53-24-8-3-17-44(53)45-18-4-9-25-54(45)60/h1-36H. The average molecular weight is 793 g/mol. The molecule has 0 unspecified atom stereocenters. The molecular formula is C58H36N2O2. The van der Waals surface area contributed by atoms with Crippen LogP contribution in [0.5, 0.6) is 0 Å². The summed E-state index contributed by atoms with van der Waals surface area (Å²) < 4.78 is 15.6. The molecule has 0 N–H and O–H groups in total. The number of anilines is 3. The van der Waals surface area contributed by atoms with Crippen LogP contribution in [0, 0.1) is 0 Å². The highest BCUT2D eigenvalue weighted by Gasteiger charge is 2.22. The van der Waals surface area contributed by atoms with Gasteiger partial charge >= 0.3 is 0 Å². The molecule has 0 amide bonds. The van der Waals surface area contributed by atoms with Crippen molar-refractivity contribution in [3.8, 4) is 27.9 Å². The Labute approximate surface area is 356 Å². The molecule has 290 valence electrons. The van der Waals surface area contributed by atoms with E-state index < -0.39 is 0 Å². The quantitative estimate of drug-likeness (QED) is 0.168. The molecule has 0 spiro atoms. The van der Waals surface area contributed by atoms with Gasteiger partial charge in [-0.1, -0.05) is 146 Å². The molecule has 62 heavy (non-hydrogen) atoms. The molecule has 0 radical (unpaired) electrons. The van der Waals surface area contributed by atoms with Gasteiger partial charge in [0.05, 0.1) is 16.7 Å². The molecule has 0 aliphatic carbocycles. The zero-order valence-corrected chi connectivity index (χ0v) is 33.5. The summed E-state index contributed by atoms with van der Waals surface area (Å²) in [5.74, 6) is 0. The lowest BCUT2D eigenvalue weighted by Gasteiger charge is -2.28. The molecule has 0 fully saturated rings. The number of rotatable bonds is 6. The first-order valence-corrected chi connectivity index (χ1v) is 21.1. The minimum absolute atomic E-state index is 0.876. The summed E-state index contributed by atoms with van der Waals surface area (Å²) in [6.07, 6.45) is 0. The van der Waals surface area contributed by atoms with Crippen LogP contribution in [0.3, 0.4) is 0 Å². The van der Waals surface area contributed by atoms with E-state index in [1.807, 2.05) is 12.1 Å². The Kier molecular flexibility index (Phi) is 7.57. The van der Waals surface area contributed by atoms with Gasteiger partial charge in [0, 0.05) is 65.9 Å². The van der Waals surface area contributed by atoms with Crippen molar-refractivity contribution >= 4 is 93.5 Å². The van der Waals surface area contributed by atoms with E-state index in [1.54, 1.807) is 0 Å². The molecule has 3 heterocycles. The van der Waals surface area contributed by atoms with Crippen LogP contribution >= 0.6 is 0 Å². The molecular weight excluding hydrogens is 757 g/mol. The van der Waals surface area contributed by atoms with Crippen LogP contribution in [-0.4, -0.2) is 4.57 Å². The largest absolute Gasteiger partial charge is 0.456 e. The van der Waals surface area contributed by atoms with Gasteiger partial charge < -0.3 is 18.3 Å². The SMILES string of the molecule is c1cc(N(c2ccc(-c3ccc4c(c3)oc3ccccc34)cc2)c2ccccc2-c2cccc3c2oc2c4ccccc4ccc32)cc(-n2c3ccccc3c3ccccc32)c1. The molecule has 0 aliphatic rings. The Morgan fingerprint density at radius 1 is 0.339 bits per heavy atom. The van der Waals surface area contributed by atoms with Crippen molar-refractivity contribution in [1.82, 2.24) is 4.57 Å². The number of benzene rings is 10. The maximum atomic E-state index is 6.93. The molecule has 0 bridgehead atoms. The first-order chi connectivity index (χ1) is 30.7. The number of fused-ring (bicyclic) bond motifs is 11. The fourth-order valence-corrected chi connectivity index (χ4v) is 9.74. The maximum Gasteiger partial charge on any atom is 0.143 e. The van der Waals surface area contributed by atoms with Crippen molar-refractivity contribution in [2.75, 3.05) is 4.90 Å². The van der Waals surface area contributed by atoms with Crippen molar-refractivity contribution in [3.63, 3.8) is 0 Å². The third kappa shape index (κ3) is 5.27. The van der Waals surface area contributed by atoms with Gasteiger partial charge in [0.25, 0.3) is 0 Å². The van der Waals surface area contributed by atoms with Crippen LogP contribution in [-0.2, 0) is 0 Å². The average Bonchev–Trinajstić information content (AvgIpc) is 4.02. The summed E-state index contributed by atoms with van der Waals surface area (Å²) >= 11 is 0. The lowest BCUT2D eigenvalue weighted by atomic mass is 9.98. The van der Waals surface area contributed by atoms with Gasteiger partial charge in [-0.3, -0.25) is 0 Å². The molecule has 4 heteroatoms.